The van der Waals surface area contributed by atoms with Gasteiger partial charge in [-0.05, 0) is 39.7 Å². The van der Waals surface area contributed by atoms with Crippen molar-refractivity contribution in [2.75, 3.05) is 20.3 Å². The minimum absolute atomic E-state index is 0.564. The van der Waals surface area contributed by atoms with E-state index in [1.165, 1.54) is 0 Å². The molecule has 18 heavy (non-hydrogen) atoms. The van der Waals surface area contributed by atoms with Gasteiger partial charge in [0.25, 0.3) is 0 Å². The lowest BCUT2D eigenvalue weighted by molar-refractivity contribution is 0.146. The van der Waals surface area contributed by atoms with Gasteiger partial charge >= 0.3 is 0 Å². The Kier molecular flexibility index (Phi) is 4.73. The van der Waals surface area contributed by atoms with Crippen LogP contribution in [0.2, 0.25) is 0 Å². The van der Waals surface area contributed by atoms with Gasteiger partial charge in [-0.3, -0.25) is 4.98 Å². The number of rotatable bonds is 5. The molecule has 0 radical (unpaired) electrons. The molecule has 0 N–H and O–H groups in total. The fourth-order valence-corrected chi connectivity index (χ4v) is 1.92. The van der Waals surface area contributed by atoms with E-state index in [4.69, 9.17) is 9.47 Å². The minimum Gasteiger partial charge on any atom is -0.491 e. The molecule has 0 saturated carbocycles. The van der Waals surface area contributed by atoms with E-state index in [9.17, 15) is 0 Å². The second-order valence-corrected chi connectivity index (χ2v) is 4.67. The highest BCUT2D eigenvalue weighted by Gasteiger charge is 2.00. The molecule has 3 nitrogen and oxygen atoms in total. The lowest BCUT2D eigenvalue weighted by Gasteiger charge is -2.06. The summed E-state index contributed by atoms with van der Waals surface area (Å²) in [6, 6.07) is 9.97. The van der Waals surface area contributed by atoms with Crippen molar-refractivity contribution in [1.29, 1.82) is 0 Å². The predicted molar refractivity (Wildman–Crippen MR) is 74.7 cm³/mol. The van der Waals surface area contributed by atoms with Crippen LogP contribution in [0.5, 0.6) is 5.75 Å². The summed E-state index contributed by atoms with van der Waals surface area (Å²) in [6.45, 7) is 1.16. The van der Waals surface area contributed by atoms with E-state index < -0.39 is 0 Å². The van der Waals surface area contributed by atoms with Gasteiger partial charge in [-0.1, -0.05) is 12.1 Å². The van der Waals surface area contributed by atoms with E-state index in [1.807, 2.05) is 36.5 Å². The second-order valence-electron chi connectivity index (χ2n) is 3.76. The summed E-state index contributed by atoms with van der Waals surface area (Å²) in [6.07, 6.45) is 3.61. The highest BCUT2D eigenvalue weighted by Crippen LogP contribution is 2.23. The van der Waals surface area contributed by atoms with E-state index in [0.29, 0.717) is 13.2 Å². The van der Waals surface area contributed by atoms with Crippen molar-refractivity contribution in [3.63, 3.8) is 0 Å². The number of benzene rings is 1. The average Bonchev–Trinajstić information content (AvgIpc) is 2.40. The maximum absolute atomic E-state index is 5.51. The van der Waals surface area contributed by atoms with Crippen molar-refractivity contribution in [1.82, 2.24) is 4.98 Å². The van der Waals surface area contributed by atoms with Gasteiger partial charge in [-0.2, -0.15) is 0 Å². The van der Waals surface area contributed by atoms with Crippen molar-refractivity contribution in [3.8, 4) is 16.9 Å². The normalized spacial score (nSPS) is 10.3. The molecule has 94 valence electrons. The summed E-state index contributed by atoms with van der Waals surface area (Å²) >= 11 is 3.41. The largest absolute Gasteiger partial charge is 0.491 e. The SMILES string of the molecule is COCCOc1ccc(-c2cncc(Br)c2)cc1. The van der Waals surface area contributed by atoms with Crippen LogP contribution in [0.15, 0.2) is 47.2 Å². The summed E-state index contributed by atoms with van der Waals surface area (Å²) < 4.78 is 11.4. The van der Waals surface area contributed by atoms with Crippen molar-refractivity contribution in [2.45, 2.75) is 0 Å². The van der Waals surface area contributed by atoms with E-state index in [0.717, 1.165) is 21.3 Å². The van der Waals surface area contributed by atoms with E-state index in [2.05, 4.69) is 20.9 Å². The molecule has 0 unspecified atom stereocenters. The van der Waals surface area contributed by atoms with Gasteiger partial charge in [0, 0.05) is 29.5 Å². The standard InChI is InChI=1S/C14H14BrNO2/c1-17-6-7-18-14-4-2-11(3-5-14)12-8-13(15)10-16-9-12/h2-5,8-10H,6-7H2,1H3. The van der Waals surface area contributed by atoms with Gasteiger partial charge in [0.15, 0.2) is 0 Å². The highest BCUT2D eigenvalue weighted by molar-refractivity contribution is 9.10. The van der Waals surface area contributed by atoms with Crippen LogP contribution >= 0.6 is 15.9 Å². The van der Waals surface area contributed by atoms with Crippen LogP contribution in [0.25, 0.3) is 11.1 Å². The number of hydrogen-bond acceptors (Lipinski definition) is 3. The number of halogens is 1. The maximum Gasteiger partial charge on any atom is 0.119 e. The molecule has 1 aromatic carbocycles. The molecule has 0 fully saturated rings. The Morgan fingerprint density at radius 1 is 1.06 bits per heavy atom. The Balaban J connectivity index is 2.07. The molecular formula is C14H14BrNO2. The first-order valence-corrected chi connectivity index (χ1v) is 6.41. The van der Waals surface area contributed by atoms with Crippen LogP contribution in [0.4, 0.5) is 0 Å². The van der Waals surface area contributed by atoms with Gasteiger partial charge in [0.1, 0.15) is 12.4 Å². The smallest absolute Gasteiger partial charge is 0.119 e. The molecule has 0 aliphatic heterocycles. The molecule has 0 atom stereocenters. The van der Waals surface area contributed by atoms with Gasteiger partial charge in [0.05, 0.1) is 6.61 Å². The number of aromatic nitrogens is 1. The Bertz CT molecular complexity index is 499. The average molecular weight is 308 g/mol. The lowest BCUT2D eigenvalue weighted by Crippen LogP contribution is -2.03. The van der Waals surface area contributed by atoms with Crippen LogP contribution in [0.1, 0.15) is 0 Å². The van der Waals surface area contributed by atoms with Crippen LogP contribution < -0.4 is 4.74 Å². The topological polar surface area (TPSA) is 31.4 Å². The monoisotopic (exact) mass is 307 g/mol. The third-order valence-electron chi connectivity index (χ3n) is 2.45. The Hall–Kier alpha value is -1.39. The molecule has 2 aromatic rings. The maximum atomic E-state index is 5.51. The molecule has 0 bridgehead atoms. The van der Waals surface area contributed by atoms with Crippen molar-refractivity contribution in [2.24, 2.45) is 0 Å². The number of methoxy groups -OCH3 is 1. The number of nitrogens with zero attached hydrogens (tertiary/aromatic N) is 1. The fraction of sp³-hybridized carbons (Fsp3) is 0.214. The van der Waals surface area contributed by atoms with Gasteiger partial charge in [-0.25, -0.2) is 0 Å². The van der Waals surface area contributed by atoms with Gasteiger partial charge in [-0.15, -0.1) is 0 Å². The van der Waals surface area contributed by atoms with Crippen molar-refractivity contribution in [3.05, 3.63) is 47.2 Å². The zero-order valence-electron chi connectivity index (χ0n) is 10.1. The first-order valence-electron chi connectivity index (χ1n) is 5.62. The summed E-state index contributed by atoms with van der Waals surface area (Å²) in [4.78, 5) is 4.15. The Labute approximate surface area is 115 Å². The molecular weight excluding hydrogens is 294 g/mol. The van der Waals surface area contributed by atoms with E-state index in [-0.39, 0.29) is 0 Å². The molecule has 4 heteroatoms. The van der Waals surface area contributed by atoms with Crippen LogP contribution in [0, 0.1) is 0 Å². The summed E-state index contributed by atoms with van der Waals surface area (Å²) in [5, 5.41) is 0. The summed E-state index contributed by atoms with van der Waals surface area (Å²) in [7, 11) is 1.66. The zero-order chi connectivity index (χ0) is 12.8. The quantitative estimate of drug-likeness (QED) is 0.792. The van der Waals surface area contributed by atoms with Crippen LogP contribution in [-0.4, -0.2) is 25.3 Å². The fourth-order valence-electron chi connectivity index (χ4n) is 1.56. The molecule has 0 aliphatic carbocycles. The molecule has 1 aromatic heterocycles. The molecule has 2 rings (SSSR count). The summed E-state index contributed by atoms with van der Waals surface area (Å²) in [5.41, 5.74) is 2.19. The number of ether oxygens (including phenoxy) is 2. The van der Waals surface area contributed by atoms with E-state index >= 15 is 0 Å². The summed E-state index contributed by atoms with van der Waals surface area (Å²) in [5.74, 6) is 0.846. The van der Waals surface area contributed by atoms with Crippen molar-refractivity contribution >= 4 is 15.9 Å². The third-order valence-corrected chi connectivity index (χ3v) is 2.88. The third kappa shape index (κ3) is 3.55. The molecule has 0 amide bonds. The predicted octanol–water partition coefficient (Wildman–Crippen LogP) is 3.54. The molecule has 0 aliphatic rings. The Morgan fingerprint density at radius 3 is 2.50 bits per heavy atom. The van der Waals surface area contributed by atoms with Crippen LogP contribution in [-0.2, 0) is 4.74 Å². The number of pyridine rings is 1. The second kappa shape index (κ2) is 6.52. The first kappa shape index (κ1) is 13.1. The molecule has 1 heterocycles. The van der Waals surface area contributed by atoms with Gasteiger partial charge in [0.2, 0.25) is 0 Å². The Morgan fingerprint density at radius 2 is 1.83 bits per heavy atom. The lowest BCUT2D eigenvalue weighted by atomic mass is 10.1. The number of hydrogen-bond donors (Lipinski definition) is 0. The molecule has 0 spiro atoms. The molecule has 0 saturated heterocycles. The first-order chi connectivity index (χ1) is 8.79. The van der Waals surface area contributed by atoms with Crippen LogP contribution in [0.3, 0.4) is 0 Å². The minimum atomic E-state index is 0.564. The van der Waals surface area contributed by atoms with Crippen molar-refractivity contribution < 1.29 is 9.47 Å². The zero-order valence-corrected chi connectivity index (χ0v) is 11.7. The van der Waals surface area contributed by atoms with Gasteiger partial charge < -0.3 is 9.47 Å². The van der Waals surface area contributed by atoms with E-state index in [1.54, 1.807) is 13.3 Å². The highest BCUT2D eigenvalue weighted by atomic mass is 79.9.